The molecule has 0 fully saturated rings. The second-order valence-electron chi connectivity index (χ2n) is 4.06. The molecule has 5 nitrogen and oxygen atoms in total. The zero-order chi connectivity index (χ0) is 14.3. The first-order valence-corrected chi connectivity index (χ1v) is 6.39. The number of ether oxygens (including phenoxy) is 1. The lowest BCUT2D eigenvalue weighted by Gasteiger charge is -2.17. The highest BCUT2D eigenvalue weighted by Gasteiger charge is 2.14. The highest BCUT2D eigenvalue weighted by molar-refractivity contribution is 7.80. The number of thiocarbonyl (C=S) groups is 1. The minimum absolute atomic E-state index is 0.102. The van der Waals surface area contributed by atoms with Gasteiger partial charge in [-0.1, -0.05) is 24.4 Å². The first kappa shape index (κ1) is 15.4. The van der Waals surface area contributed by atoms with Crippen molar-refractivity contribution in [2.75, 3.05) is 25.6 Å². The highest BCUT2D eigenvalue weighted by atomic mass is 32.1. The van der Waals surface area contributed by atoms with Gasteiger partial charge in [0.2, 0.25) is 5.91 Å². The van der Waals surface area contributed by atoms with Crippen molar-refractivity contribution in [2.45, 2.75) is 13.0 Å². The summed E-state index contributed by atoms with van der Waals surface area (Å²) in [7, 11) is 1.59. The zero-order valence-corrected chi connectivity index (χ0v) is 11.9. The molecule has 6 heteroatoms. The molecule has 1 amide bonds. The van der Waals surface area contributed by atoms with Gasteiger partial charge in [-0.25, -0.2) is 0 Å². The third-order valence-electron chi connectivity index (χ3n) is 2.56. The van der Waals surface area contributed by atoms with E-state index in [1.165, 1.54) is 0 Å². The summed E-state index contributed by atoms with van der Waals surface area (Å²) in [6.07, 6.45) is 0. The van der Waals surface area contributed by atoms with Gasteiger partial charge in [-0.15, -0.1) is 0 Å². The second kappa shape index (κ2) is 7.70. The minimum Gasteiger partial charge on any atom is -0.389 e. The fraction of sp³-hybridized carbons (Fsp3) is 0.385. The van der Waals surface area contributed by atoms with Crippen molar-refractivity contribution in [3.8, 4) is 0 Å². The Bertz CT molecular complexity index is 451. The number of carbonyl (C=O) groups is 1. The van der Waals surface area contributed by atoms with Crippen molar-refractivity contribution in [2.24, 2.45) is 5.73 Å². The average Bonchev–Trinajstić information content (AvgIpc) is 2.39. The molecule has 1 atom stereocenters. The van der Waals surface area contributed by atoms with Gasteiger partial charge in [0.05, 0.1) is 6.61 Å². The van der Waals surface area contributed by atoms with Crippen molar-refractivity contribution in [3.05, 3.63) is 29.8 Å². The molecule has 4 N–H and O–H groups in total. The molecule has 0 saturated carbocycles. The Labute approximate surface area is 118 Å². The number of rotatable bonds is 7. The van der Waals surface area contributed by atoms with Crippen molar-refractivity contribution in [3.63, 3.8) is 0 Å². The van der Waals surface area contributed by atoms with E-state index in [0.717, 1.165) is 11.3 Å². The quantitative estimate of drug-likeness (QED) is 0.511. The summed E-state index contributed by atoms with van der Waals surface area (Å²) < 4.78 is 4.87. The standard InChI is InChI=1S/C13H19N3O2S/c1-9(13(17)15-7-8-18-2)16-11-6-4-3-5-10(11)12(14)19/h3-6,9,16H,7-8H2,1-2H3,(H2,14,19)(H,15,17). The molecule has 0 aliphatic carbocycles. The molecular weight excluding hydrogens is 262 g/mol. The third-order valence-corrected chi connectivity index (χ3v) is 2.78. The van der Waals surface area contributed by atoms with Gasteiger partial charge in [-0.3, -0.25) is 4.79 Å². The van der Waals surface area contributed by atoms with Crippen molar-refractivity contribution < 1.29 is 9.53 Å². The van der Waals surface area contributed by atoms with Crippen LogP contribution in [-0.4, -0.2) is 37.2 Å². The van der Waals surface area contributed by atoms with Gasteiger partial charge < -0.3 is 21.1 Å². The first-order chi connectivity index (χ1) is 9.06. The van der Waals surface area contributed by atoms with Crippen LogP contribution in [0.25, 0.3) is 0 Å². The SMILES string of the molecule is COCCNC(=O)C(C)Nc1ccccc1C(N)=S. The molecule has 0 bridgehead atoms. The largest absolute Gasteiger partial charge is 0.389 e. The summed E-state index contributed by atoms with van der Waals surface area (Å²) in [6.45, 7) is 2.75. The highest BCUT2D eigenvalue weighted by Crippen LogP contribution is 2.15. The van der Waals surface area contributed by atoms with Gasteiger partial charge >= 0.3 is 0 Å². The van der Waals surface area contributed by atoms with E-state index in [1.807, 2.05) is 24.3 Å². The number of hydrogen-bond acceptors (Lipinski definition) is 4. The number of carbonyl (C=O) groups excluding carboxylic acids is 1. The van der Waals surface area contributed by atoms with E-state index in [2.05, 4.69) is 10.6 Å². The maximum atomic E-state index is 11.8. The molecular formula is C13H19N3O2S. The maximum absolute atomic E-state index is 11.8. The molecule has 0 aliphatic rings. The molecule has 1 unspecified atom stereocenters. The number of anilines is 1. The predicted molar refractivity (Wildman–Crippen MR) is 80.3 cm³/mol. The average molecular weight is 281 g/mol. The smallest absolute Gasteiger partial charge is 0.242 e. The fourth-order valence-corrected chi connectivity index (χ4v) is 1.73. The van der Waals surface area contributed by atoms with Crippen LogP contribution >= 0.6 is 12.2 Å². The van der Waals surface area contributed by atoms with Gasteiger partial charge in [-0.2, -0.15) is 0 Å². The third kappa shape index (κ3) is 4.84. The molecule has 0 spiro atoms. The van der Waals surface area contributed by atoms with E-state index in [-0.39, 0.29) is 11.9 Å². The number of methoxy groups -OCH3 is 1. The van der Waals surface area contributed by atoms with E-state index < -0.39 is 0 Å². The molecule has 1 rings (SSSR count). The van der Waals surface area contributed by atoms with Crippen LogP contribution in [0.15, 0.2) is 24.3 Å². The summed E-state index contributed by atoms with van der Waals surface area (Å²) in [4.78, 5) is 12.1. The normalized spacial score (nSPS) is 11.7. The van der Waals surface area contributed by atoms with Gasteiger partial charge in [0.15, 0.2) is 0 Å². The lowest BCUT2D eigenvalue weighted by molar-refractivity contribution is -0.121. The summed E-state index contributed by atoms with van der Waals surface area (Å²) in [5.74, 6) is -0.102. The van der Waals surface area contributed by atoms with Gasteiger partial charge in [0.1, 0.15) is 11.0 Å². The van der Waals surface area contributed by atoms with Gasteiger partial charge in [0, 0.05) is 24.9 Å². The Hall–Kier alpha value is -1.66. The van der Waals surface area contributed by atoms with Gasteiger partial charge in [-0.05, 0) is 19.1 Å². The number of amides is 1. The summed E-state index contributed by atoms with van der Waals surface area (Å²) >= 11 is 4.97. The molecule has 19 heavy (non-hydrogen) atoms. The topological polar surface area (TPSA) is 76.4 Å². The maximum Gasteiger partial charge on any atom is 0.242 e. The number of benzene rings is 1. The van der Waals surface area contributed by atoms with Crippen LogP contribution in [-0.2, 0) is 9.53 Å². The molecule has 0 radical (unpaired) electrons. The zero-order valence-electron chi connectivity index (χ0n) is 11.1. The predicted octanol–water partition coefficient (Wildman–Crippen LogP) is 0.884. The van der Waals surface area contributed by atoms with Crippen LogP contribution in [0.1, 0.15) is 12.5 Å². The molecule has 0 aromatic heterocycles. The number of para-hydroxylation sites is 1. The molecule has 1 aromatic rings. The van der Waals surface area contributed by atoms with Gasteiger partial charge in [0.25, 0.3) is 0 Å². The second-order valence-corrected chi connectivity index (χ2v) is 4.50. The van der Waals surface area contributed by atoms with Crippen molar-refractivity contribution >= 4 is 28.8 Å². The summed E-state index contributed by atoms with van der Waals surface area (Å²) in [5, 5.41) is 5.86. The molecule has 1 aromatic carbocycles. The van der Waals surface area contributed by atoms with Crippen LogP contribution in [0.3, 0.4) is 0 Å². The molecule has 0 aliphatic heterocycles. The van der Waals surface area contributed by atoms with Crippen LogP contribution in [0, 0.1) is 0 Å². The molecule has 104 valence electrons. The number of nitrogens with two attached hydrogens (primary N) is 1. The Morgan fingerprint density at radius 2 is 2.16 bits per heavy atom. The first-order valence-electron chi connectivity index (χ1n) is 5.98. The number of nitrogens with one attached hydrogen (secondary N) is 2. The molecule has 0 saturated heterocycles. The Morgan fingerprint density at radius 1 is 1.47 bits per heavy atom. The summed E-state index contributed by atoms with van der Waals surface area (Å²) in [6, 6.07) is 6.99. The minimum atomic E-state index is -0.382. The summed E-state index contributed by atoms with van der Waals surface area (Å²) in [5.41, 5.74) is 7.12. The van der Waals surface area contributed by atoms with E-state index in [9.17, 15) is 4.79 Å². The number of hydrogen-bond donors (Lipinski definition) is 3. The Balaban J connectivity index is 2.63. The van der Waals surface area contributed by atoms with E-state index >= 15 is 0 Å². The van der Waals surface area contributed by atoms with Crippen LogP contribution in [0.2, 0.25) is 0 Å². The van der Waals surface area contributed by atoms with E-state index in [0.29, 0.717) is 18.1 Å². The van der Waals surface area contributed by atoms with Crippen molar-refractivity contribution in [1.82, 2.24) is 5.32 Å². The lowest BCUT2D eigenvalue weighted by atomic mass is 10.1. The lowest BCUT2D eigenvalue weighted by Crippen LogP contribution is -2.39. The Kier molecular flexibility index (Phi) is 6.24. The van der Waals surface area contributed by atoms with Crippen LogP contribution in [0.4, 0.5) is 5.69 Å². The van der Waals surface area contributed by atoms with Crippen molar-refractivity contribution in [1.29, 1.82) is 0 Å². The van der Waals surface area contributed by atoms with E-state index in [4.69, 9.17) is 22.7 Å². The Morgan fingerprint density at radius 3 is 2.79 bits per heavy atom. The fourth-order valence-electron chi connectivity index (χ4n) is 1.55. The van der Waals surface area contributed by atoms with E-state index in [1.54, 1.807) is 14.0 Å². The monoisotopic (exact) mass is 281 g/mol. The molecule has 0 heterocycles. The van der Waals surface area contributed by atoms with Crippen LogP contribution in [0.5, 0.6) is 0 Å². The van der Waals surface area contributed by atoms with Crippen LogP contribution < -0.4 is 16.4 Å².